The Morgan fingerprint density at radius 2 is 1.58 bits per heavy atom. The number of hydrogen-bond acceptors (Lipinski definition) is 3. The smallest absolute Gasteiger partial charge is 0.254 e. The lowest BCUT2D eigenvalue weighted by molar-refractivity contribution is -0.131. The molecule has 0 saturated carbocycles. The van der Waals surface area contributed by atoms with Gasteiger partial charge in [0.1, 0.15) is 0 Å². The maximum absolute atomic E-state index is 12.7. The Hall–Kier alpha value is -1.15. The van der Waals surface area contributed by atoms with Gasteiger partial charge in [-0.2, -0.15) is 0 Å². The van der Waals surface area contributed by atoms with Gasteiger partial charge in [-0.15, -0.1) is 0 Å². The zero-order valence-corrected chi connectivity index (χ0v) is 16.1. The first-order chi connectivity index (χ1) is 11.6. The lowest BCUT2D eigenvalue weighted by Crippen LogP contribution is -2.41. The van der Waals surface area contributed by atoms with Crippen LogP contribution in [0.2, 0.25) is 0 Å². The molecule has 2 aliphatic rings. The zero-order chi connectivity index (χ0) is 16.9. The number of rotatable bonds is 3. The van der Waals surface area contributed by atoms with Crippen molar-refractivity contribution in [3.8, 4) is 0 Å². The summed E-state index contributed by atoms with van der Waals surface area (Å²) in [7, 11) is 0. The van der Waals surface area contributed by atoms with Crippen LogP contribution in [0.15, 0.2) is 24.3 Å². The van der Waals surface area contributed by atoms with E-state index in [2.05, 4.69) is 27.5 Å². The van der Waals surface area contributed by atoms with Crippen LogP contribution in [-0.2, 0) is 4.79 Å². The Labute approximate surface area is 157 Å². The van der Waals surface area contributed by atoms with Crippen molar-refractivity contribution in [1.29, 1.82) is 0 Å². The van der Waals surface area contributed by atoms with Gasteiger partial charge < -0.3 is 9.80 Å². The highest BCUT2D eigenvalue weighted by atomic mass is 127. The van der Waals surface area contributed by atoms with Crippen molar-refractivity contribution < 1.29 is 9.59 Å². The number of likely N-dealkylation sites (tertiary alicyclic amines) is 1. The van der Waals surface area contributed by atoms with Gasteiger partial charge in [-0.25, -0.2) is 0 Å². The van der Waals surface area contributed by atoms with Gasteiger partial charge in [0.2, 0.25) is 5.91 Å². The molecule has 0 aliphatic carbocycles. The van der Waals surface area contributed by atoms with E-state index in [1.165, 1.54) is 0 Å². The van der Waals surface area contributed by atoms with Gasteiger partial charge in [-0.05, 0) is 54.0 Å². The summed E-state index contributed by atoms with van der Waals surface area (Å²) >= 11 is 2.21. The van der Waals surface area contributed by atoms with E-state index in [4.69, 9.17) is 0 Å². The third-order valence-corrected chi connectivity index (χ3v) is 5.74. The fourth-order valence-corrected chi connectivity index (χ4v) is 4.01. The summed E-state index contributed by atoms with van der Waals surface area (Å²) in [6.07, 6.45) is 3.18. The Morgan fingerprint density at radius 3 is 2.33 bits per heavy atom. The second-order valence-corrected chi connectivity index (χ2v) is 7.65. The van der Waals surface area contributed by atoms with Crippen LogP contribution in [0.3, 0.4) is 0 Å². The van der Waals surface area contributed by atoms with Crippen molar-refractivity contribution in [2.45, 2.75) is 19.3 Å². The van der Waals surface area contributed by atoms with Crippen LogP contribution < -0.4 is 0 Å². The molecule has 2 amide bonds. The first kappa shape index (κ1) is 17.7. The van der Waals surface area contributed by atoms with E-state index in [1.54, 1.807) is 0 Å². The number of amides is 2. The van der Waals surface area contributed by atoms with Crippen LogP contribution in [0.1, 0.15) is 29.6 Å². The van der Waals surface area contributed by atoms with Crippen LogP contribution in [0, 0.1) is 3.57 Å². The number of benzene rings is 1. The van der Waals surface area contributed by atoms with Gasteiger partial charge in [0, 0.05) is 42.8 Å². The van der Waals surface area contributed by atoms with Crippen molar-refractivity contribution in [1.82, 2.24) is 14.7 Å². The maximum atomic E-state index is 12.7. The highest BCUT2D eigenvalue weighted by Crippen LogP contribution is 2.16. The molecule has 0 spiro atoms. The quantitative estimate of drug-likeness (QED) is 0.675. The molecule has 3 rings (SSSR count). The molecule has 6 heteroatoms. The molecule has 24 heavy (non-hydrogen) atoms. The number of nitrogens with zero attached hydrogens (tertiary/aromatic N) is 3. The van der Waals surface area contributed by atoms with E-state index >= 15 is 0 Å². The number of halogens is 1. The molecule has 5 nitrogen and oxygen atoms in total. The highest BCUT2D eigenvalue weighted by molar-refractivity contribution is 14.1. The summed E-state index contributed by atoms with van der Waals surface area (Å²) in [5.41, 5.74) is 0.777. The fraction of sp³-hybridized carbons (Fsp3) is 0.556. The molecule has 1 aromatic rings. The SMILES string of the molecule is O=C(CN1CCCN(C(=O)c2ccccc2I)CC1)N1CCCC1. The Morgan fingerprint density at radius 1 is 0.875 bits per heavy atom. The second kappa shape index (κ2) is 8.29. The average Bonchev–Trinajstić information content (AvgIpc) is 3.02. The third kappa shape index (κ3) is 4.27. The summed E-state index contributed by atoms with van der Waals surface area (Å²) < 4.78 is 0.991. The highest BCUT2D eigenvalue weighted by Gasteiger charge is 2.24. The van der Waals surface area contributed by atoms with Crippen LogP contribution in [0.5, 0.6) is 0 Å². The lowest BCUT2D eigenvalue weighted by atomic mass is 10.2. The molecule has 2 saturated heterocycles. The van der Waals surface area contributed by atoms with Crippen molar-refractivity contribution >= 4 is 34.4 Å². The van der Waals surface area contributed by atoms with Crippen molar-refractivity contribution in [2.75, 3.05) is 45.8 Å². The summed E-state index contributed by atoms with van der Waals surface area (Å²) in [6, 6.07) is 7.72. The molecule has 0 atom stereocenters. The largest absolute Gasteiger partial charge is 0.342 e. The van der Waals surface area contributed by atoms with Gasteiger partial charge in [-0.3, -0.25) is 14.5 Å². The molecule has 2 fully saturated rings. The summed E-state index contributed by atoms with van der Waals surface area (Å²) in [4.78, 5) is 31.1. The zero-order valence-electron chi connectivity index (χ0n) is 13.9. The van der Waals surface area contributed by atoms with Gasteiger partial charge in [0.05, 0.1) is 12.1 Å². The number of hydrogen-bond donors (Lipinski definition) is 0. The van der Waals surface area contributed by atoms with Crippen molar-refractivity contribution in [2.24, 2.45) is 0 Å². The van der Waals surface area contributed by atoms with Gasteiger partial charge >= 0.3 is 0 Å². The van der Waals surface area contributed by atoms with E-state index in [0.29, 0.717) is 13.1 Å². The van der Waals surface area contributed by atoms with Crippen LogP contribution in [-0.4, -0.2) is 72.3 Å². The van der Waals surface area contributed by atoms with E-state index in [0.717, 1.165) is 61.1 Å². The molecule has 2 heterocycles. The molecular weight excluding hydrogens is 417 g/mol. The summed E-state index contributed by atoms with van der Waals surface area (Å²) in [5, 5.41) is 0. The number of carbonyl (C=O) groups excluding carboxylic acids is 2. The topological polar surface area (TPSA) is 43.9 Å². The summed E-state index contributed by atoms with van der Waals surface area (Å²) in [6.45, 7) is 5.41. The monoisotopic (exact) mass is 441 g/mol. The van der Waals surface area contributed by atoms with Gasteiger partial charge in [0.15, 0.2) is 0 Å². The van der Waals surface area contributed by atoms with Gasteiger partial charge in [0.25, 0.3) is 5.91 Å². The normalized spacial score (nSPS) is 19.4. The van der Waals surface area contributed by atoms with Gasteiger partial charge in [-0.1, -0.05) is 12.1 Å². The van der Waals surface area contributed by atoms with E-state index in [9.17, 15) is 9.59 Å². The minimum absolute atomic E-state index is 0.104. The van der Waals surface area contributed by atoms with Crippen LogP contribution in [0.25, 0.3) is 0 Å². The average molecular weight is 441 g/mol. The molecular formula is C18H24IN3O2. The third-order valence-electron chi connectivity index (χ3n) is 4.80. The first-order valence-corrected chi connectivity index (χ1v) is 9.77. The maximum Gasteiger partial charge on any atom is 0.254 e. The molecule has 0 aromatic heterocycles. The Bertz CT molecular complexity index is 602. The molecule has 2 aliphatic heterocycles. The van der Waals surface area contributed by atoms with Crippen LogP contribution >= 0.6 is 22.6 Å². The minimum atomic E-state index is 0.104. The molecule has 0 radical (unpaired) electrons. The van der Waals surface area contributed by atoms with Crippen molar-refractivity contribution in [3.05, 3.63) is 33.4 Å². The number of carbonyl (C=O) groups is 2. The standard InChI is InChI=1S/C18H24IN3O2/c19-16-7-2-1-6-15(16)18(24)22-11-5-8-20(12-13-22)14-17(23)21-9-3-4-10-21/h1-2,6-7H,3-5,8-14H2. The molecule has 130 valence electrons. The van der Waals surface area contributed by atoms with E-state index < -0.39 is 0 Å². The van der Waals surface area contributed by atoms with Crippen LogP contribution in [0.4, 0.5) is 0 Å². The predicted molar refractivity (Wildman–Crippen MR) is 102 cm³/mol. The molecule has 0 N–H and O–H groups in total. The second-order valence-electron chi connectivity index (χ2n) is 6.49. The van der Waals surface area contributed by atoms with E-state index in [1.807, 2.05) is 34.1 Å². The summed E-state index contributed by atoms with van der Waals surface area (Å²) in [5.74, 6) is 0.345. The lowest BCUT2D eigenvalue weighted by Gasteiger charge is -2.24. The van der Waals surface area contributed by atoms with Crippen molar-refractivity contribution in [3.63, 3.8) is 0 Å². The minimum Gasteiger partial charge on any atom is -0.342 e. The first-order valence-electron chi connectivity index (χ1n) is 8.69. The Balaban J connectivity index is 1.56. The molecule has 0 unspecified atom stereocenters. The molecule has 1 aromatic carbocycles. The Kier molecular flexibility index (Phi) is 6.10. The predicted octanol–water partition coefficient (Wildman–Crippen LogP) is 2.06. The molecule has 0 bridgehead atoms. The van der Waals surface area contributed by atoms with E-state index in [-0.39, 0.29) is 11.8 Å². The fourth-order valence-electron chi connectivity index (χ4n) is 3.39.